The maximum atomic E-state index is 2.48. The SMILES string of the molecule is C[C@H]1CC[C@H](C)[C@@H]2CCCCC21. The first-order chi connectivity index (χ1) is 5.79. The zero-order valence-corrected chi connectivity index (χ0v) is 8.55. The van der Waals surface area contributed by atoms with Gasteiger partial charge in [-0.3, -0.25) is 0 Å². The second kappa shape index (κ2) is 3.40. The Labute approximate surface area is 76.7 Å². The van der Waals surface area contributed by atoms with Crippen LogP contribution in [0.4, 0.5) is 0 Å². The second-order valence-electron chi connectivity index (χ2n) is 5.14. The molecule has 12 heavy (non-hydrogen) atoms. The fraction of sp³-hybridized carbons (Fsp3) is 1.00. The summed E-state index contributed by atoms with van der Waals surface area (Å²) in [6.45, 7) is 4.96. The van der Waals surface area contributed by atoms with Crippen LogP contribution in [0, 0.1) is 23.7 Å². The summed E-state index contributed by atoms with van der Waals surface area (Å²) in [6, 6.07) is 0. The average Bonchev–Trinajstić information content (AvgIpc) is 2.12. The molecular weight excluding hydrogens is 144 g/mol. The van der Waals surface area contributed by atoms with Crippen LogP contribution in [0.3, 0.4) is 0 Å². The molecule has 0 spiro atoms. The fourth-order valence-corrected chi connectivity index (χ4v) is 3.56. The average molecular weight is 166 g/mol. The lowest BCUT2D eigenvalue weighted by Crippen LogP contribution is -2.34. The van der Waals surface area contributed by atoms with Gasteiger partial charge < -0.3 is 0 Å². The summed E-state index contributed by atoms with van der Waals surface area (Å²) < 4.78 is 0. The van der Waals surface area contributed by atoms with Gasteiger partial charge in [0.1, 0.15) is 0 Å². The van der Waals surface area contributed by atoms with Crippen molar-refractivity contribution < 1.29 is 0 Å². The standard InChI is InChI=1S/C12H22/c1-9-7-8-10(2)12-6-4-3-5-11(9)12/h9-12H,3-8H2,1-2H3/t9-,10-,11-,12?/m0/s1. The van der Waals surface area contributed by atoms with E-state index in [1.165, 1.54) is 38.5 Å². The van der Waals surface area contributed by atoms with Crippen LogP contribution in [0.25, 0.3) is 0 Å². The highest BCUT2D eigenvalue weighted by Crippen LogP contribution is 2.46. The molecule has 0 heteroatoms. The Morgan fingerprint density at radius 1 is 0.667 bits per heavy atom. The van der Waals surface area contributed by atoms with Crippen molar-refractivity contribution in [2.24, 2.45) is 23.7 Å². The third-order valence-corrected chi connectivity index (χ3v) is 4.41. The van der Waals surface area contributed by atoms with Crippen LogP contribution < -0.4 is 0 Å². The van der Waals surface area contributed by atoms with Crippen LogP contribution in [0.15, 0.2) is 0 Å². The lowest BCUT2D eigenvalue weighted by atomic mass is 9.62. The molecule has 2 aliphatic rings. The van der Waals surface area contributed by atoms with E-state index >= 15 is 0 Å². The number of rotatable bonds is 0. The van der Waals surface area contributed by atoms with E-state index < -0.39 is 0 Å². The molecule has 70 valence electrons. The van der Waals surface area contributed by atoms with E-state index in [0.717, 1.165) is 23.7 Å². The molecule has 0 radical (unpaired) electrons. The Balaban J connectivity index is 2.05. The lowest BCUT2D eigenvalue weighted by molar-refractivity contribution is 0.0672. The fourth-order valence-electron chi connectivity index (χ4n) is 3.56. The molecule has 2 fully saturated rings. The molecule has 0 aromatic rings. The highest BCUT2D eigenvalue weighted by atomic mass is 14.4. The molecule has 0 bridgehead atoms. The van der Waals surface area contributed by atoms with Gasteiger partial charge in [-0.2, -0.15) is 0 Å². The first-order valence-electron chi connectivity index (χ1n) is 5.79. The van der Waals surface area contributed by atoms with E-state index in [1.54, 1.807) is 0 Å². The summed E-state index contributed by atoms with van der Waals surface area (Å²) in [5, 5.41) is 0. The summed E-state index contributed by atoms with van der Waals surface area (Å²) in [5.74, 6) is 4.27. The highest BCUT2D eigenvalue weighted by molar-refractivity contribution is 4.86. The summed E-state index contributed by atoms with van der Waals surface area (Å²) >= 11 is 0. The van der Waals surface area contributed by atoms with E-state index in [4.69, 9.17) is 0 Å². The molecule has 2 aliphatic carbocycles. The minimum absolute atomic E-state index is 1.03. The molecule has 0 nitrogen and oxygen atoms in total. The summed E-state index contributed by atoms with van der Waals surface area (Å²) in [6.07, 6.45) is 9.10. The Bertz CT molecular complexity index is 132. The third kappa shape index (κ3) is 1.41. The van der Waals surface area contributed by atoms with Gasteiger partial charge in [-0.15, -0.1) is 0 Å². The van der Waals surface area contributed by atoms with Crippen molar-refractivity contribution in [2.45, 2.75) is 52.4 Å². The monoisotopic (exact) mass is 166 g/mol. The van der Waals surface area contributed by atoms with Crippen LogP contribution in [0.1, 0.15) is 52.4 Å². The van der Waals surface area contributed by atoms with Crippen molar-refractivity contribution in [2.75, 3.05) is 0 Å². The molecule has 0 aliphatic heterocycles. The third-order valence-electron chi connectivity index (χ3n) is 4.41. The van der Waals surface area contributed by atoms with E-state index in [-0.39, 0.29) is 0 Å². The van der Waals surface area contributed by atoms with E-state index in [0.29, 0.717) is 0 Å². The Kier molecular flexibility index (Phi) is 2.43. The molecule has 0 saturated heterocycles. The predicted molar refractivity (Wildman–Crippen MR) is 53.0 cm³/mol. The number of fused-ring (bicyclic) bond motifs is 1. The van der Waals surface area contributed by atoms with Crippen LogP contribution in [0.2, 0.25) is 0 Å². The van der Waals surface area contributed by atoms with Gasteiger partial charge in [-0.25, -0.2) is 0 Å². The van der Waals surface area contributed by atoms with Crippen molar-refractivity contribution in [3.8, 4) is 0 Å². The first kappa shape index (κ1) is 8.59. The van der Waals surface area contributed by atoms with Crippen molar-refractivity contribution in [3.63, 3.8) is 0 Å². The molecule has 2 saturated carbocycles. The van der Waals surface area contributed by atoms with Crippen LogP contribution >= 0.6 is 0 Å². The second-order valence-corrected chi connectivity index (χ2v) is 5.14. The molecule has 0 heterocycles. The number of hydrogen-bond acceptors (Lipinski definition) is 0. The van der Waals surface area contributed by atoms with Gasteiger partial charge >= 0.3 is 0 Å². The van der Waals surface area contributed by atoms with E-state index in [2.05, 4.69) is 13.8 Å². The van der Waals surface area contributed by atoms with Gasteiger partial charge in [-0.1, -0.05) is 39.5 Å². The maximum Gasteiger partial charge on any atom is -0.0358 e. The van der Waals surface area contributed by atoms with Gasteiger partial charge in [0.25, 0.3) is 0 Å². The highest BCUT2D eigenvalue weighted by Gasteiger charge is 2.36. The molecular formula is C12H22. The first-order valence-corrected chi connectivity index (χ1v) is 5.79. The zero-order valence-electron chi connectivity index (χ0n) is 8.55. The quantitative estimate of drug-likeness (QED) is 0.512. The molecule has 4 atom stereocenters. The Hall–Kier alpha value is 0. The minimum Gasteiger partial charge on any atom is -0.0622 e. The van der Waals surface area contributed by atoms with Crippen molar-refractivity contribution in [3.05, 3.63) is 0 Å². The minimum atomic E-state index is 1.03. The van der Waals surface area contributed by atoms with Crippen LogP contribution in [0.5, 0.6) is 0 Å². The number of hydrogen-bond donors (Lipinski definition) is 0. The van der Waals surface area contributed by atoms with Gasteiger partial charge in [0.15, 0.2) is 0 Å². The molecule has 0 N–H and O–H groups in total. The molecule has 2 rings (SSSR count). The maximum absolute atomic E-state index is 2.48. The van der Waals surface area contributed by atoms with Crippen LogP contribution in [-0.2, 0) is 0 Å². The largest absolute Gasteiger partial charge is 0.0622 e. The van der Waals surface area contributed by atoms with E-state index in [1.807, 2.05) is 0 Å². The van der Waals surface area contributed by atoms with E-state index in [9.17, 15) is 0 Å². The van der Waals surface area contributed by atoms with Gasteiger partial charge in [0.05, 0.1) is 0 Å². The van der Waals surface area contributed by atoms with Crippen molar-refractivity contribution in [1.82, 2.24) is 0 Å². The van der Waals surface area contributed by atoms with Crippen LogP contribution in [-0.4, -0.2) is 0 Å². The molecule has 0 aromatic carbocycles. The molecule has 0 aromatic heterocycles. The normalized spacial score (nSPS) is 48.5. The topological polar surface area (TPSA) is 0 Å². The van der Waals surface area contributed by atoms with Gasteiger partial charge in [0, 0.05) is 0 Å². The Morgan fingerprint density at radius 2 is 1.08 bits per heavy atom. The summed E-state index contributed by atoms with van der Waals surface area (Å²) in [5.41, 5.74) is 0. The molecule has 1 unspecified atom stereocenters. The Morgan fingerprint density at radius 3 is 1.50 bits per heavy atom. The van der Waals surface area contributed by atoms with Crippen molar-refractivity contribution in [1.29, 1.82) is 0 Å². The van der Waals surface area contributed by atoms with Crippen molar-refractivity contribution >= 4 is 0 Å². The smallest absolute Gasteiger partial charge is 0.0358 e. The lowest BCUT2D eigenvalue weighted by Gasteiger charge is -2.43. The van der Waals surface area contributed by atoms with Gasteiger partial charge in [0.2, 0.25) is 0 Å². The molecule has 0 amide bonds. The summed E-state index contributed by atoms with van der Waals surface area (Å²) in [4.78, 5) is 0. The zero-order chi connectivity index (χ0) is 8.55. The summed E-state index contributed by atoms with van der Waals surface area (Å²) in [7, 11) is 0. The predicted octanol–water partition coefficient (Wildman–Crippen LogP) is 3.86. The van der Waals surface area contributed by atoms with Gasteiger partial charge in [-0.05, 0) is 36.5 Å².